The zero-order chi connectivity index (χ0) is 17.7. The minimum Gasteiger partial charge on any atom is -0.480 e. The number of carboxylic acid groups (broad SMARTS) is 1. The maximum absolute atomic E-state index is 12.7. The molecule has 126 valence electrons. The molecule has 0 saturated heterocycles. The number of carbonyl (C=O) groups excluding carboxylic acids is 1. The van der Waals surface area contributed by atoms with Gasteiger partial charge in [0.15, 0.2) is 0 Å². The van der Waals surface area contributed by atoms with Gasteiger partial charge in [0.1, 0.15) is 6.04 Å². The van der Waals surface area contributed by atoms with Crippen LogP contribution in [0.25, 0.3) is 0 Å². The molecule has 5 heteroatoms. The van der Waals surface area contributed by atoms with Crippen LogP contribution in [0.5, 0.6) is 0 Å². The second-order valence-corrected chi connectivity index (χ2v) is 6.63. The molecule has 1 amide bonds. The van der Waals surface area contributed by atoms with Crippen molar-refractivity contribution in [3.05, 3.63) is 70.7 Å². The van der Waals surface area contributed by atoms with E-state index < -0.39 is 17.4 Å². The lowest BCUT2D eigenvalue weighted by atomic mass is 9.83. The van der Waals surface area contributed by atoms with Crippen LogP contribution in [0.1, 0.15) is 25.0 Å². The van der Waals surface area contributed by atoms with Crippen LogP contribution in [0.15, 0.2) is 54.6 Å². The molecule has 0 heterocycles. The minimum absolute atomic E-state index is 0.230. The third-order valence-electron chi connectivity index (χ3n) is 4.00. The Morgan fingerprint density at radius 1 is 1.12 bits per heavy atom. The zero-order valence-electron chi connectivity index (χ0n) is 13.6. The van der Waals surface area contributed by atoms with Crippen LogP contribution in [0.3, 0.4) is 0 Å². The molecule has 2 aromatic carbocycles. The van der Waals surface area contributed by atoms with Crippen LogP contribution in [-0.4, -0.2) is 23.0 Å². The number of amides is 1. The van der Waals surface area contributed by atoms with Gasteiger partial charge in [-0.25, -0.2) is 4.79 Å². The molecule has 24 heavy (non-hydrogen) atoms. The SMILES string of the molecule is CC(C)(C(=O)NC(Cc1ccccc1)C(=O)O)c1cccc(Cl)c1. The lowest BCUT2D eigenvalue weighted by molar-refractivity contribution is -0.142. The Balaban J connectivity index is 2.16. The molecule has 0 aliphatic rings. The van der Waals surface area contributed by atoms with Gasteiger partial charge in [0.2, 0.25) is 5.91 Å². The first-order valence-corrected chi connectivity index (χ1v) is 8.02. The van der Waals surface area contributed by atoms with Crippen molar-refractivity contribution in [1.29, 1.82) is 0 Å². The van der Waals surface area contributed by atoms with Crippen molar-refractivity contribution in [2.45, 2.75) is 31.7 Å². The molecule has 1 unspecified atom stereocenters. The summed E-state index contributed by atoms with van der Waals surface area (Å²) in [7, 11) is 0. The largest absolute Gasteiger partial charge is 0.480 e. The summed E-state index contributed by atoms with van der Waals surface area (Å²) in [6.45, 7) is 3.49. The van der Waals surface area contributed by atoms with Crippen LogP contribution < -0.4 is 5.32 Å². The van der Waals surface area contributed by atoms with E-state index in [-0.39, 0.29) is 12.3 Å². The van der Waals surface area contributed by atoms with Crippen LogP contribution in [-0.2, 0) is 21.4 Å². The summed E-state index contributed by atoms with van der Waals surface area (Å²) < 4.78 is 0. The molecule has 4 nitrogen and oxygen atoms in total. The molecule has 0 bridgehead atoms. The van der Waals surface area contributed by atoms with Gasteiger partial charge in [-0.1, -0.05) is 54.1 Å². The Kier molecular flexibility index (Phi) is 5.62. The number of nitrogens with one attached hydrogen (secondary N) is 1. The summed E-state index contributed by atoms with van der Waals surface area (Å²) in [5.74, 6) is -1.41. The Bertz CT molecular complexity index is 728. The first-order valence-electron chi connectivity index (χ1n) is 7.64. The standard InChI is InChI=1S/C19H20ClNO3/c1-19(2,14-9-6-10-15(20)12-14)18(24)21-16(17(22)23)11-13-7-4-3-5-8-13/h3-10,12,16H,11H2,1-2H3,(H,21,24)(H,22,23). The Labute approximate surface area is 146 Å². The lowest BCUT2D eigenvalue weighted by Gasteiger charge is -2.26. The van der Waals surface area contributed by atoms with E-state index in [1.807, 2.05) is 30.3 Å². The fraction of sp³-hybridized carbons (Fsp3) is 0.263. The first-order chi connectivity index (χ1) is 11.3. The van der Waals surface area contributed by atoms with Gasteiger partial charge in [-0.3, -0.25) is 4.79 Å². The van der Waals surface area contributed by atoms with Gasteiger partial charge in [-0.2, -0.15) is 0 Å². The molecule has 0 aromatic heterocycles. The van der Waals surface area contributed by atoms with Gasteiger partial charge in [-0.15, -0.1) is 0 Å². The Hall–Kier alpha value is -2.33. The van der Waals surface area contributed by atoms with Crippen molar-refractivity contribution >= 4 is 23.5 Å². The summed E-state index contributed by atoms with van der Waals surface area (Å²) in [6, 6.07) is 15.2. The second kappa shape index (κ2) is 7.49. The van der Waals surface area contributed by atoms with E-state index in [0.717, 1.165) is 11.1 Å². The molecule has 0 radical (unpaired) electrons. The molecular weight excluding hydrogens is 326 g/mol. The van der Waals surface area contributed by atoms with Crippen LogP contribution in [0.2, 0.25) is 5.02 Å². The summed E-state index contributed by atoms with van der Waals surface area (Å²) in [4.78, 5) is 24.2. The molecule has 0 saturated carbocycles. The van der Waals surface area contributed by atoms with Crippen LogP contribution in [0.4, 0.5) is 0 Å². The highest BCUT2D eigenvalue weighted by molar-refractivity contribution is 6.30. The molecule has 2 rings (SSSR count). The number of carboxylic acids is 1. The maximum atomic E-state index is 12.7. The van der Waals surface area contributed by atoms with Gasteiger partial charge in [0.05, 0.1) is 5.41 Å². The topological polar surface area (TPSA) is 66.4 Å². The average Bonchev–Trinajstić information content (AvgIpc) is 2.55. The van der Waals surface area contributed by atoms with E-state index in [2.05, 4.69) is 5.32 Å². The Morgan fingerprint density at radius 3 is 2.38 bits per heavy atom. The minimum atomic E-state index is -1.06. The van der Waals surface area contributed by atoms with Crippen LogP contribution in [0, 0.1) is 0 Å². The van der Waals surface area contributed by atoms with Gasteiger partial charge in [0, 0.05) is 11.4 Å². The number of rotatable bonds is 6. The molecule has 0 spiro atoms. The van der Waals surface area contributed by atoms with Gasteiger partial charge < -0.3 is 10.4 Å². The summed E-state index contributed by atoms with van der Waals surface area (Å²) >= 11 is 5.99. The second-order valence-electron chi connectivity index (χ2n) is 6.19. The number of hydrogen-bond acceptors (Lipinski definition) is 2. The van der Waals surface area contributed by atoms with Gasteiger partial charge in [-0.05, 0) is 37.1 Å². The van der Waals surface area contributed by atoms with E-state index in [0.29, 0.717) is 5.02 Å². The highest BCUT2D eigenvalue weighted by atomic mass is 35.5. The summed E-state index contributed by atoms with van der Waals surface area (Å²) in [5, 5.41) is 12.6. The monoisotopic (exact) mass is 345 g/mol. The van der Waals surface area contributed by atoms with E-state index in [1.165, 1.54) is 0 Å². The third-order valence-corrected chi connectivity index (χ3v) is 4.24. The molecular formula is C19H20ClNO3. The predicted octanol–water partition coefficient (Wildman–Crippen LogP) is 3.43. The van der Waals surface area contributed by atoms with Crippen molar-refractivity contribution in [3.8, 4) is 0 Å². The van der Waals surface area contributed by atoms with E-state index in [1.54, 1.807) is 38.1 Å². The summed E-state index contributed by atoms with van der Waals surface area (Å²) in [6.07, 6.45) is 0.230. The fourth-order valence-electron chi connectivity index (χ4n) is 2.40. The molecule has 0 aliphatic heterocycles. The first kappa shape index (κ1) is 18.0. The van der Waals surface area contributed by atoms with Crippen molar-refractivity contribution in [1.82, 2.24) is 5.32 Å². The lowest BCUT2D eigenvalue weighted by Crippen LogP contribution is -2.49. The Morgan fingerprint density at radius 2 is 1.79 bits per heavy atom. The van der Waals surface area contributed by atoms with E-state index >= 15 is 0 Å². The average molecular weight is 346 g/mol. The number of benzene rings is 2. The van der Waals surface area contributed by atoms with Crippen molar-refractivity contribution in [2.24, 2.45) is 0 Å². The molecule has 2 aromatic rings. The molecule has 0 aliphatic carbocycles. The molecule has 2 N–H and O–H groups in total. The summed E-state index contributed by atoms with van der Waals surface area (Å²) in [5.41, 5.74) is 0.692. The van der Waals surface area contributed by atoms with Gasteiger partial charge in [0.25, 0.3) is 0 Å². The van der Waals surface area contributed by atoms with Crippen molar-refractivity contribution < 1.29 is 14.7 Å². The normalized spacial score (nSPS) is 12.5. The van der Waals surface area contributed by atoms with Gasteiger partial charge >= 0.3 is 5.97 Å². The number of aliphatic carboxylic acids is 1. The molecule has 1 atom stereocenters. The fourth-order valence-corrected chi connectivity index (χ4v) is 2.59. The smallest absolute Gasteiger partial charge is 0.326 e. The van der Waals surface area contributed by atoms with E-state index in [4.69, 9.17) is 11.6 Å². The maximum Gasteiger partial charge on any atom is 0.326 e. The highest BCUT2D eigenvalue weighted by Crippen LogP contribution is 2.26. The highest BCUT2D eigenvalue weighted by Gasteiger charge is 2.33. The van der Waals surface area contributed by atoms with Crippen molar-refractivity contribution in [2.75, 3.05) is 0 Å². The predicted molar refractivity (Wildman–Crippen MR) is 94.2 cm³/mol. The number of hydrogen-bond donors (Lipinski definition) is 2. The number of carbonyl (C=O) groups is 2. The third kappa shape index (κ3) is 4.36. The van der Waals surface area contributed by atoms with Crippen LogP contribution >= 0.6 is 11.6 Å². The molecule has 0 fully saturated rings. The quantitative estimate of drug-likeness (QED) is 0.843. The number of halogens is 1. The zero-order valence-corrected chi connectivity index (χ0v) is 14.4. The van der Waals surface area contributed by atoms with Crippen molar-refractivity contribution in [3.63, 3.8) is 0 Å². The van der Waals surface area contributed by atoms with E-state index in [9.17, 15) is 14.7 Å².